The third-order valence-electron chi connectivity index (χ3n) is 4.04. The van der Waals surface area contributed by atoms with E-state index in [-0.39, 0.29) is 5.54 Å². The van der Waals surface area contributed by atoms with Crippen LogP contribution in [0.3, 0.4) is 0 Å². The lowest BCUT2D eigenvalue weighted by Gasteiger charge is -2.31. The number of aromatic nitrogens is 2. The van der Waals surface area contributed by atoms with E-state index in [0.717, 1.165) is 41.4 Å². The van der Waals surface area contributed by atoms with E-state index in [9.17, 15) is 0 Å². The van der Waals surface area contributed by atoms with Crippen molar-refractivity contribution in [3.63, 3.8) is 0 Å². The van der Waals surface area contributed by atoms with E-state index in [2.05, 4.69) is 50.1 Å². The molecule has 1 aliphatic rings. The predicted molar refractivity (Wildman–Crippen MR) is 83.1 cm³/mol. The van der Waals surface area contributed by atoms with Gasteiger partial charge in [-0.3, -0.25) is 0 Å². The molecule has 0 aliphatic heterocycles. The van der Waals surface area contributed by atoms with Crippen molar-refractivity contribution in [3.8, 4) is 5.19 Å². The molecule has 114 valence electrons. The van der Waals surface area contributed by atoms with Crippen molar-refractivity contribution in [2.75, 3.05) is 0 Å². The molecule has 3 atom stereocenters. The van der Waals surface area contributed by atoms with Crippen LogP contribution in [0.4, 0.5) is 0 Å². The molecule has 1 heterocycles. The number of nitrogens with zero attached hydrogens (tertiary/aromatic N) is 2. The van der Waals surface area contributed by atoms with Crippen LogP contribution in [0.25, 0.3) is 0 Å². The van der Waals surface area contributed by atoms with Crippen LogP contribution >= 0.6 is 11.3 Å². The van der Waals surface area contributed by atoms with Gasteiger partial charge >= 0.3 is 0 Å². The summed E-state index contributed by atoms with van der Waals surface area (Å²) < 4.78 is 6.00. The monoisotopic (exact) mass is 297 g/mol. The Bertz CT molecular complexity index is 427. The topological polar surface area (TPSA) is 47.0 Å². The molecule has 1 aromatic heterocycles. The minimum Gasteiger partial charge on any atom is -0.466 e. The van der Waals surface area contributed by atoms with Gasteiger partial charge in [0.05, 0.1) is 6.54 Å². The van der Waals surface area contributed by atoms with Crippen LogP contribution in [0.15, 0.2) is 0 Å². The molecular formula is C15H27N3OS. The average Bonchev–Trinajstić information content (AvgIpc) is 2.78. The molecule has 0 aromatic carbocycles. The largest absolute Gasteiger partial charge is 0.466 e. The molecule has 0 bridgehead atoms. The first-order valence-corrected chi connectivity index (χ1v) is 8.39. The molecule has 2 rings (SSSR count). The predicted octanol–water partition coefficient (Wildman–Crippen LogP) is 3.63. The lowest BCUT2D eigenvalue weighted by molar-refractivity contribution is 0.0996. The molecule has 1 aliphatic carbocycles. The molecule has 4 nitrogen and oxygen atoms in total. The zero-order valence-electron chi connectivity index (χ0n) is 13.3. The Morgan fingerprint density at radius 3 is 2.60 bits per heavy atom. The van der Waals surface area contributed by atoms with E-state index >= 15 is 0 Å². The van der Waals surface area contributed by atoms with E-state index in [1.165, 1.54) is 6.42 Å². The Balaban J connectivity index is 1.84. The number of ether oxygens (including phenoxy) is 1. The lowest BCUT2D eigenvalue weighted by atomic mass is 9.80. The highest BCUT2D eigenvalue weighted by Crippen LogP contribution is 2.32. The summed E-state index contributed by atoms with van der Waals surface area (Å²) in [5.41, 5.74) is 0.0988. The van der Waals surface area contributed by atoms with Gasteiger partial charge in [-0.25, -0.2) is 0 Å². The molecule has 3 unspecified atom stereocenters. The molecule has 20 heavy (non-hydrogen) atoms. The molecule has 1 saturated carbocycles. The minimum absolute atomic E-state index is 0.0988. The Labute approximate surface area is 126 Å². The first kappa shape index (κ1) is 15.7. The maximum atomic E-state index is 6.00. The Morgan fingerprint density at radius 2 is 1.95 bits per heavy atom. The van der Waals surface area contributed by atoms with Gasteiger partial charge in [0.1, 0.15) is 11.1 Å². The lowest BCUT2D eigenvalue weighted by Crippen LogP contribution is -2.35. The second kappa shape index (κ2) is 6.39. The summed E-state index contributed by atoms with van der Waals surface area (Å²) in [7, 11) is 0. The van der Waals surface area contributed by atoms with Gasteiger partial charge in [-0.15, -0.1) is 5.10 Å². The summed E-state index contributed by atoms with van der Waals surface area (Å²) in [4.78, 5) is 0. The number of nitrogens with one attached hydrogen (secondary N) is 1. The molecule has 0 saturated heterocycles. The fourth-order valence-electron chi connectivity index (χ4n) is 2.45. The molecule has 5 heteroatoms. The molecule has 1 N–H and O–H groups in total. The zero-order valence-corrected chi connectivity index (χ0v) is 14.1. The van der Waals surface area contributed by atoms with Gasteiger partial charge in [-0.1, -0.05) is 30.3 Å². The van der Waals surface area contributed by atoms with Crippen LogP contribution in [0.1, 0.15) is 58.9 Å². The summed E-state index contributed by atoms with van der Waals surface area (Å²) in [6.45, 7) is 11.9. The van der Waals surface area contributed by atoms with Crippen LogP contribution in [0.5, 0.6) is 5.19 Å². The Kier molecular flexibility index (Phi) is 5.02. The van der Waals surface area contributed by atoms with E-state index in [1.54, 1.807) is 11.3 Å². The second-order valence-electron chi connectivity index (χ2n) is 7.07. The van der Waals surface area contributed by atoms with Crippen LogP contribution in [-0.4, -0.2) is 21.8 Å². The Morgan fingerprint density at radius 1 is 1.20 bits per heavy atom. The normalized spacial score (nSPS) is 27.6. The van der Waals surface area contributed by atoms with Crippen molar-refractivity contribution in [1.82, 2.24) is 15.5 Å². The van der Waals surface area contributed by atoms with Crippen molar-refractivity contribution in [1.29, 1.82) is 0 Å². The van der Waals surface area contributed by atoms with Gasteiger partial charge in [0.25, 0.3) is 5.19 Å². The maximum absolute atomic E-state index is 6.00. The van der Waals surface area contributed by atoms with Crippen LogP contribution in [0.2, 0.25) is 0 Å². The zero-order chi connectivity index (χ0) is 14.8. The molecular weight excluding hydrogens is 270 g/mol. The standard InChI is InChI=1S/C15H27N3OS/c1-10-6-7-12(8-11(10)2)19-14-18-17-13(20-14)9-16-15(3,4)5/h10-12,16H,6-9H2,1-5H3. The Hall–Kier alpha value is -0.680. The van der Waals surface area contributed by atoms with Gasteiger partial charge in [-0.2, -0.15) is 0 Å². The second-order valence-corrected chi connectivity index (χ2v) is 8.10. The third-order valence-corrected chi connectivity index (χ3v) is 4.85. The average molecular weight is 297 g/mol. The molecule has 1 aromatic rings. The SMILES string of the molecule is CC1CCC(Oc2nnc(CNC(C)(C)C)s2)CC1C. The summed E-state index contributed by atoms with van der Waals surface area (Å²) in [5, 5.41) is 13.5. The number of rotatable bonds is 4. The minimum atomic E-state index is 0.0988. The highest BCUT2D eigenvalue weighted by Gasteiger charge is 2.26. The van der Waals surface area contributed by atoms with Gasteiger partial charge < -0.3 is 10.1 Å². The number of hydrogen-bond acceptors (Lipinski definition) is 5. The maximum Gasteiger partial charge on any atom is 0.294 e. The van der Waals surface area contributed by atoms with Crippen molar-refractivity contribution in [2.24, 2.45) is 11.8 Å². The van der Waals surface area contributed by atoms with E-state index in [0.29, 0.717) is 6.10 Å². The van der Waals surface area contributed by atoms with Crippen LogP contribution < -0.4 is 10.1 Å². The highest BCUT2D eigenvalue weighted by molar-refractivity contribution is 7.13. The fourth-order valence-corrected chi connectivity index (χ4v) is 3.14. The first-order chi connectivity index (χ1) is 9.33. The van der Waals surface area contributed by atoms with Crippen LogP contribution in [0, 0.1) is 11.8 Å². The van der Waals surface area contributed by atoms with E-state index in [1.807, 2.05) is 0 Å². The fraction of sp³-hybridized carbons (Fsp3) is 0.867. The molecule has 0 spiro atoms. The van der Waals surface area contributed by atoms with Crippen molar-refractivity contribution in [2.45, 2.75) is 72.1 Å². The van der Waals surface area contributed by atoms with Gasteiger partial charge in [-0.05, 0) is 51.9 Å². The summed E-state index contributed by atoms with van der Waals surface area (Å²) in [5.74, 6) is 1.56. The third kappa shape index (κ3) is 4.70. The quantitative estimate of drug-likeness (QED) is 0.922. The van der Waals surface area contributed by atoms with Gasteiger partial charge in [0.2, 0.25) is 0 Å². The van der Waals surface area contributed by atoms with Crippen LogP contribution in [-0.2, 0) is 6.54 Å². The van der Waals surface area contributed by atoms with E-state index in [4.69, 9.17) is 4.74 Å². The highest BCUT2D eigenvalue weighted by atomic mass is 32.1. The molecule has 0 radical (unpaired) electrons. The molecule has 1 fully saturated rings. The van der Waals surface area contributed by atoms with Gasteiger partial charge in [0.15, 0.2) is 0 Å². The smallest absolute Gasteiger partial charge is 0.294 e. The summed E-state index contributed by atoms with van der Waals surface area (Å²) in [6, 6.07) is 0. The van der Waals surface area contributed by atoms with Crippen molar-refractivity contribution in [3.05, 3.63) is 5.01 Å². The number of hydrogen-bond donors (Lipinski definition) is 1. The first-order valence-electron chi connectivity index (χ1n) is 7.57. The van der Waals surface area contributed by atoms with E-state index < -0.39 is 0 Å². The van der Waals surface area contributed by atoms with Crippen molar-refractivity contribution >= 4 is 11.3 Å². The summed E-state index contributed by atoms with van der Waals surface area (Å²) >= 11 is 1.56. The van der Waals surface area contributed by atoms with Crippen molar-refractivity contribution < 1.29 is 4.74 Å². The molecule has 0 amide bonds. The van der Waals surface area contributed by atoms with Gasteiger partial charge in [0, 0.05) is 5.54 Å². The summed E-state index contributed by atoms with van der Waals surface area (Å²) in [6.07, 6.45) is 3.85.